The lowest BCUT2D eigenvalue weighted by atomic mass is 10.2. The Bertz CT molecular complexity index is 1250. The Balaban J connectivity index is 1.65. The van der Waals surface area contributed by atoms with Crippen molar-refractivity contribution >= 4 is 34.1 Å². The van der Waals surface area contributed by atoms with Gasteiger partial charge < -0.3 is 20.5 Å². The Morgan fingerprint density at radius 2 is 2.20 bits per heavy atom. The lowest BCUT2D eigenvalue weighted by Crippen LogP contribution is -2.11. The summed E-state index contributed by atoms with van der Waals surface area (Å²) < 4.78 is 12.9. The van der Waals surface area contributed by atoms with E-state index in [1.807, 2.05) is 17.5 Å². The fourth-order valence-corrected chi connectivity index (χ4v) is 4.11. The maximum Gasteiger partial charge on any atom is 0.304 e. The second kappa shape index (κ2) is 7.30. The van der Waals surface area contributed by atoms with Gasteiger partial charge >= 0.3 is 6.01 Å². The van der Waals surface area contributed by atoms with Gasteiger partial charge in [0.15, 0.2) is 11.6 Å². The first-order valence-corrected chi connectivity index (χ1v) is 10.2. The second-order valence-corrected chi connectivity index (χ2v) is 7.68. The second-order valence-electron chi connectivity index (χ2n) is 6.65. The molecule has 0 bridgehead atoms. The first-order valence-electron chi connectivity index (χ1n) is 9.31. The van der Waals surface area contributed by atoms with E-state index in [2.05, 4.69) is 21.4 Å². The molecule has 0 spiro atoms. The highest BCUT2D eigenvalue weighted by Crippen LogP contribution is 2.34. The summed E-state index contributed by atoms with van der Waals surface area (Å²) in [5.74, 6) is 1.09. The smallest absolute Gasteiger partial charge is 0.304 e. The SMILES string of the molecule is COc1nc2c(C(N)=O)cccc2n1-c1nc2c(c(NCc3cccs3)n1)OCC2. The zero-order valence-electron chi connectivity index (χ0n) is 16.1. The minimum Gasteiger partial charge on any atom is -0.487 e. The molecule has 152 valence electrons. The van der Waals surface area contributed by atoms with Crippen LogP contribution in [-0.2, 0) is 13.0 Å². The molecule has 0 aliphatic carbocycles. The number of nitrogens with zero attached hydrogens (tertiary/aromatic N) is 4. The van der Waals surface area contributed by atoms with E-state index < -0.39 is 5.91 Å². The number of amides is 1. The molecule has 0 fully saturated rings. The number of nitrogens with one attached hydrogen (secondary N) is 1. The average molecular weight is 422 g/mol. The van der Waals surface area contributed by atoms with Crippen LogP contribution in [0, 0.1) is 0 Å². The van der Waals surface area contributed by atoms with E-state index in [1.54, 1.807) is 28.0 Å². The zero-order valence-corrected chi connectivity index (χ0v) is 16.9. The van der Waals surface area contributed by atoms with Crippen molar-refractivity contribution < 1.29 is 14.3 Å². The maximum atomic E-state index is 11.8. The number of ether oxygens (including phenoxy) is 2. The van der Waals surface area contributed by atoms with Crippen molar-refractivity contribution in [3.05, 3.63) is 51.8 Å². The first-order chi connectivity index (χ1) is 14.7. The summed E-state index contributed by atoms with van der Waals surface area (Å²) >= 11 is 1.66. The molecule has 1 aliphatic heterocycles. The van der Waals surface area contributed by atoms with Gasteiger partial charge in [-0.25, -0.2) is 9.55 Å². The molecule has 10 heteroatoms. The van der Waals surface area contributed by atoms with Gasteiger partial charge in [0.05, 0.1) is 37.0 Å². The number of thiophene rings is 1. The quantitative estimate of drug-likeness (QED) is 0.490. The third-order valence-electron chi connectivity index (χ3n) is 4.82. The number of primary amides is 1. The van der Waals surface area contributed by atoms with Gasteiger partial charge in [0.1, 0.15) is 5.52 Å². The molecule has 3 N–H and O–H groups in total. The van der Waals surface area contributed by atoms with Gasteiger partial charge in [-0.15, -0.1) is 11.3 Å². The molecule has 1 aromatic carbocycles. The number of fused-ring (bicyclic) bond motifs is 2. The molecule has 9 nitrogen and oxygen atoms in total. The summed E-state index contributed by atoms with van der Waals surface area (Å²) in [6, 6.07) is 9.52. The van der Waals surface area contributed by atoms with E-state index in [0.29, 0.717) is 53.7 Å². The van der Waals surface area contributed by atoms with E-state index in [4.69, 9.17) is 20.2 Å². The highest BCUT2D eigenvalue weighted by molar-refractivity contribution is 7.09. The van der Waals surface area contributed by atoms with Crippen LogP contribution < -0.4 is 20.5 Å². The number of hydrogen-bond acceptors (Lipinski definition) is 8. The number of benzene rings is 1. The molecular formula is C20H18N6O3S. The van der Waals surface area contributed by atoms with Crippen molar-refractivity contribution in [3.63, 3.8) is 0 Å². The van der Waals surface area contributed by atoms with Crippen LogP contribution in [0.2, 0.25) is 0 Å². The molecule has 1 amide bonds. The molecule has 0 saturated heterocycles. The molecule has 1 aliphatic rings. The Labute approximate surface area is 175 Å². The third-order valence-corrected chi connectivity index (χ3v) is 5.70. The summed E-state index contributed by atoms with van der Waals surface area (Å²) in [7, 11) is 1.51. The number of nitrogens with two attached hydrogens (primary N) is 1. The zero-order chi connectivity index (χ0) is 20.7. The Hall–Kier alpha value is -3.66. The average Bonchev–Trinajstić information content (AvgIpc) is 3.50. The summed E-state index contributed by atoms with van der Waals surface area (Å²) in [6.45, 7) is 1.17. The van der Waals surface area contributed by atoms with Gasteiger partial charge in [0.25, 0.3) is 5.91 Å². The lowest BCUT2D eigenvalue weighted by Gasteiger charge is -2.12. The predicted octanol–water partition coefficient (Wildman–Crippen LogP) is 2.53. The molecule has 5 rings (SSSR count). The number of methoxy groups -OCH3 is 1. The van der Waals surface area contributed by atoms with Gasteiger partial charge in [-0.3, -0.25) is 4.79 Å². The number of carbonyl (C=O) groups excluding carboxylic acids is 1. The van der Waals surface area contributed by atoms with Gasteiger partial charge in [-0.2, -0.15) is 9.97 Å². The topological polar surface area (TPSA) is 117 Å². The van der Waals surface area contributed by atoms with Crippen LogP contribution in [0.25, 0.3) is 17.0 Å². The van der Waals surface area contributed by atoms with Crippen LogP contribution >= 0.6 is 11.3 Å². The Kier molecular flexibility index (Phi) is 4.47. The number of aromatic nitrogens is 4. The van der Waals surface area contributed by atoms with Crippen molar-refractivity contribution in [2.24, 2.45) is 5.73 Å². The summed E-state index contributed by atoms with van der Waals surface area (Å²) in [4.78, 5) is 26.9. The number of anilines is 1. The largest absolute Gasteiger partial charge is 0.487 e. The van der Waals surface area contributed by atoms with Crippen molar-refractivity contribution in [2.45, 2.75) is 13.0 Å². The summed E-state index contributed by atoms with van der Waals surface area (Å²) in [5, 5.41) is 5.38. The monoisotopic (exact) mass is 422 g/mol. The first kappa shape index (κ1) is 18.4. The molecule has 0 unspecified atom stereocenters. The summed E-state index contributed by atoms with van der Waals surface area (Å²) in [6.07, 6.45) is 0.681. The maximum absolute atomic E-state index is 11.8. The third kappa shape index (κ3) is 3.01. The standard InChI is InChI=1S/C20H18N6O3S/c1-28-20-24-15-12(17(21)27)5-2-6-14(15)26(20)19-23-13-7-8-29-16(13)18(25-19)22-10-11-4-3-9-30-11/h2-6,9H,7-8,10H2,1H3,(H2,21,27)(H,22,23,25). The molecule has 0 atom stereocenters. The van der Waals surface area contributed by atoms with Gasteiger partial charge in [-0.05, 0) is 23.6 Å². The molecule has 3 aromatic heterocycles. The number of para-hydroxylation sites is 1. The van der Waals surface area contributed by atoms with Gasteiger partial charge in [0.2, 0.25) is 5.95 Å². The minimum atomic E-state index is -0.561. The highest BCUT2D eigenvalue weighted by Gasteiger charge is 2.25. The van der Waals surface area contributed by atoms with E-state index in [0.717, 1.165) is 5.69 Å². The van der Waals surface area contributed by atoms with Gasteiger partial charge in [-0.1, -0.05) is 12.1 Å². The van der Waals surface area contributed by atoms with E-state index in [9.17, 15) is 4.79 Å². The molecular weight excluding hydrogens is 404 g/mol. The Morgan fingerprint density at radius 1 is 1.30 bits per heavy atom. The van der Waals surface area contributed by atoms with Crippen LogP contribution in [0.3, 0.4) is 0 Å². The summed E-state index contributed by atoms with van der Waals surface area (Å²) in [5.41, 5.74) is 7.71. The Morgan fingerprint density at radius 3 is 2.97 bits per heavy atom. The van der Waals surface area contributed by atoms with E-state index >= 15 is 0 Å². The molecule has 0 saturated carbocycles. The number of hydrogen-bond donors (Lipinski definition) is 2. The number of imidazole rings is 1. The van der Waals surface area contributed by atoms with Gasteiger partial charge in [0, 0.05) is 11.3 Å². The van der Waals surface area contributed by atoms with Crippen molar-refractivity contribution in [1.82, 2.24) is 19.5 Å². The van der Waals surface area contributed by atoms with E-state index in [1.165, 1.54) is 12.0 Å². The van der Waals surface area contributed by atoms with Crippen LogP contribution in [0.1, 0.15) is 20.9 Å². The van der Waals surface area contributed by atoms with Crippen molar-refractivity contribution in [2.75, 3.05) is 19.0 Å². The van der Waals surface area contributed by atoms with E-state index in [-0.39, 0.29) is 6.01 Å². The number of carbonyl (C=O) groups is 1. The van der Waals surface area contributed by atoms with Crippen LogP contribution in [-0.4, -0.2) is 39.1 Å². The molecule has 4 aromatic rings. The predicted molar refractivity (Wildman–Crippen MR) is 113 cm³/mol. The lowest BCUT2D eigenvalue weighted by molar-refractivity contribution is 0.100. The number of rotatable bonds is 6. The molecule has 4 heterocycles. The van der Waals surface area contributed by atoms with Crippen molar-refractivity contribution in [1.29, 1.82) is 0 Å². The van der Waals surface area contributed by atoms with Crippen LogP contribution in [0.4, 0.5) is 5.82 Å². The molecule has 30 heavy (non-hydrogen) atoms. The van der Waals surface area contributed by atoms with Crippen LogP contribution in [0.5, 0.6) is 11.8 Å². The minimum absolute atomic E-state index is 0.266. The van der Waals surface area contributed by atoms with Crippen LogP contribution in [0.15, 0.2) is 35.7 Å². The normalized spacial score (nSPS) is 12.6. The molecule has 0 radical (unpaired) electrons. The fourth-order valence-electron chi connectivity index (χ4n) is 3.47. The highest BCUT2D eigenvalue weighted by atomic mass is 32.1. The van der Waals surface area contributed by atoms with Crippen molar-refractivity contribution in [3.8, 4) is 17.7 Å². The fraction of sp³-hybridized carbons (Fsp3) is 0.200.